The van der Waals surface area contributed by atoms with Crippen LogP contribution in [-0.4, -0.2) is 23.7 Å². The highest BCUT2D eigenvalue weighted by Gasteiger charge is 2.17. The second-order valence-corrected chi connectivity index (χ2v) is 5.76. The Labute approximate surface area is 105 Å². The van der Waals surface area contributed by atoms with Crippen molar-refractivity contribution in [2.45, 2.75) is 53.1 Å². The van der Waals surface area contributed by atoms with Crippen molar-refractivity contribution >= 4 is 0 Å². The SMILES string of the molecule is CC1=CCC(C)C=C1CNC(O)OC(C)(C)C. The first-order chi connectivity index (χ1) is 7.78. The van der Waals surface area contributed by atoms with Gasteiger partial charge >= 0.3 is 0 Å². The van der Waals surface area contributed by atoms with Gasteiger partial charge in [0.1, 0.15) is 0 Å². The van der Waals surface area contributed by atoms with Gasteiger partial charge in [-0.1, -0.05) is 24.6 Å². The van der Waals surface area contributed by atoms with Crippen LogP contribution in [0.4, 0.5) is 0 Å². The molecule has 0 radical (unpaired) electrons. The van der Waals surface area contributed by atoms with Crippen molar-refractivity contribution in [3.05, 3.63) is 23.3 Å². The van der Waals surface area contributed by atoms with Gasteiger partial charge in [-0.15, -0.1) is 0 Å². The van der Waals surface area contributed by atoms with E-state index in [1.165, 1.54) is 11.1 Å². The number of hydrogen-bond acceptors (Lipinski definition) is 3. The topological polar surface area (TPSA) is 41.5 Å². The average molecular weight is 239 g/mol. The van der Waals surface area contributed by atoms with E-state index < -0.39 is 6.41 Å². The van der Waals surface area contributed by atoms with E-state index in [-0.39, 0.29) is 5.60 Å². The van der Waals surface area contributed by atoms with Crippen LogP contribution < -0.4 is 5.32 Å². The van der Waals surface area contributed by atoms with E-state index in [0.717, 1.165) is 6.42 Å². The summed E-state index contributed by atoms with van der Waals surface area (Å²) in [6.45, 7) is 10.7. The molecule has 0 fully saturated rings. The average Bonchev–Trinajstić information content (AvgIpc) is 2.17. The van der Waals surface area contributed by atoms with E-state index in [4.69, 9.17) is 4.74 Å². The maximum Gasteiger partial charge on any atom is 0.214 e. The number of ether oxygens (including phenoxy) is 1. The maximum absolute atomic E-state index is 9.69. The molecule has 0 heterocycles. The van der Waals surface area contributed by atoms with Crippen molar-refractivity contribution in [2.24, 2.45) is 5.92 Å². The number of hydrogen-bond donors (Lipinski definition) is 2. The molecule has 0 saturated heterocycles. The fourth-order valence-corrected chi connectivity index (χ4v) is 1.81. The number of aliphatic hydroxyl groups excluding tert-OH is 1. The summed E-state index contributed by atoms with van der Waals surface area (Å²) in [5, 5.41) is 12.7. The largest absolute Gasteiger partial charge is 0.356 e. The summed E-state index contributed by atoms with van der Waals surface area (Å²) in [6, 6.07) is 0. The molecule has 0 aromatic rings. The van der Waals surface area contributed by atoms with Gasteiger partial charge < -0.3 is 9.84 Å². The van der Waals surface area contributed by atoms with Gasteiger partial charge in [0.05, 0.1) is 5.60 Å². The molecule has 0 spiro atoms. The van der Waals surface area contributed by atoms with E-state index in [1.54, 1.807) is 0 Å². The summed E-state index contributed by atoms with van der Waals surface area (Å²) in [5.74, 6) is 0.580. The first-order valence-electron chi connectivity index (χ1n) is 6.25. The monoisotopic (exact) mass is 239 g/mol. The lowest BCUT2D eigenvalue weighted by Crippen LogP contribution is -2.39. The summed E-state index contributed by atoms with van der Waals surface area (Å²) in [4.78, 5) is 0. The summed E-state index contributed by atoms with van der Waals surface area (Å²) in [7, 11) is 0. The van der Waals surface area contributed by atoms with Gasteiger partial charge in [-0.05, 0) is 45.6 Å². The van der Waals surface area contributed by atoms with Crippen molar-refractivity contribution in [2.75, 3.05) is 6.54 Å². The zero-order valence-electron chi connectivity index (χ0n) is 11.6. The Kier molecular flexibility index (Phi) is 4.92. The third-order valence-electron chi connectivity index (χ3n) is 2.72. The lowest BCUT2D eigenvalue weighted by molar-refractivity contribution is -0.180. The zero-order valence-corrected chi connectivity index (χ0v) is 11.6. The summed E-state index contributed by atoms with van der Waals surface area (Å²) >= 11 is 0. The lowest BCUT2D eigenvalue weighted by atomic mass is 9.92. The Hall–Kier alpha value is -0.640. The van der Waals surface area contributed by atoms with E-state index in [1.807, 2.05) is 20.8 Å². The van der Waals surface area contributed by atoms with Crippen LogP contribution in [0.15, 0.2) is 23.3 Å². The smallest absolute Gasteiger partial charge is 0.214 e. The van der Waals surface area contributed by atoms with Crippen molar-refractivity contribution < 1.29 is 9.84 Å². The Morgan fingerprint density at radius 3 is 2.76 bits per heavy atom. The van der Waals surface area contributed by atoms with Gasteiger partial charge in [0.15, 0.2) is 0 Å². The van der Waals surface area contributed by atoms with Crippen LogP contribution in [0.5, 0.6) is 0 Å². The summed E-state index contributed by atoms with van der Waals surface area (Å²) < 4.78 is 5.39. The van der Waals surface area contributed by atoms with Crippen molar-refractivity contribution in [1.29, 1.82) is 0 Å². The predicted molar refractivity (Wildman–Crippen MR) is 70.5 cm³/mol. The number of allylic oxidation sites excluding steroid dienone is 2. The van der Waals surface area contributed by atoms with Crippen LogP contribution >= 0.6 is 0 Å². The molecule has 3 heteroatoms. The molecular weight excluding hydrogens is 214 g/mol. The van der Waals surface area contributed by atoms with Crippen LogP contribution in [-0.2, 0) is 4.74 Å². The molecule has 98 valence electrons. The minimum absolute atomic E-state index is 0.342. The molecule has 0 saturated carbocycles. The van der Waals surface area contributed by atoms with Crippen molar-refractivity contribution in [1.82, 2.24) is 5.32 Å². The second-order valence-electron chi connectivity index (χ2n) is 5.76. The van der Waals surface area contributed by atoms with E-state index in [9.17, 15) is 5.11 Å². The quantitative estimate of drug-likeness (QED) is 0.741. The van der Waals surface area contributed by atoms with E-state index in [0.29, 0.717) is 12.5 Å². The lowest BCUT2D eigenvalue weighted by Gasteiger charge is -2.25. The van der Waals surface area contributed by atoms with Gasteiger partial charge in [-0.25, -0.2) is 0 Å². The van der Waals surface area contributed by atoms with Gasteiger partial charge in [-0.2, -0.15) is 0 Å². The molecule has 1 rings (SSSR count). The molecule has 0 bridgehead atoms. The highest BCUT2D eigenvalue weighted by atomic mass is 16.6. The molecule has 2 atom stereocenters. The first kappa shape index (κ1) is 14.4. The molecular formula is C14H25NO2. The molecule has 2 unspecified atom stereocenters. The van der Waals surface area contributed by atoms with Gasteiger partial charge in [-0.3, -0.25) is 5.32 Å². The van der Waals surface area contributed by atoms with Crippen LogP contribution in [0.25, 0.3) is 0 Å². The van der Waals surface area contributed by atoms with Gasteiger partial charge in [0.2, 0.25) is 6.41 Å². The van der Waals surface area contributed by atoms with Crippen LogP contribution in [0.3, 0.4) is 0 Å². The number of nitrogens with one attached hydrogen (secondary N) is 1. The molecule has 0 aliphatic heterocycles. The highest BCUT2D eigenvalue weighted by Crippen LogP contribution is 2.21. The van der Waals surface area contributed by atoms with Crippen LogP contribution in [0, 0.1) is 5.92 Å². The molecule has 3 nitrogen and oxygen atoms in total. The Balaban J connectivity index is 2.43. The fourth-order valence-electron chi connectivity index (χ4n) is 1.81. The van der Waals surface area contributed by atoms with Crippen LogP contribution in [0.2, 0.25) is 0 Å². The minimum atomic E-state index is -0.916. The molecule has 0 aromatic heterocycles. The Bertz CT molecular complexity index is 313. The predicted octanol–water partition coefficient (Wildman–Crippen LogP) is 2.58. The summed E-state index contributed by atoms with van der Waals surface area (Å²) in [6.07, 6.45) is 4.70. The fraction of sp³-hybridized carbons (Fsp3) is 0.714. The van der Waals surface area contributed by atoms with E-state index >= 15 is 0 Å². The zero-order chi connectivity index (χ0) is 13.1. The first-order valence-corrected chi connectivity index (χ1v) is 6.25. The normalized spacial score (nSPS) is 23.1. The third kappa shape index (κ3) is 5.48. The minimum Gasteiger partial charge on any atom is -0.356 e. The van der Waals surface area contributed by atoms with Gasteiger partial charge in [0, 0.05) is 6.54 Å². The standard InChI is InChI=1S/C14H25NO2/c1-10-6-7-11(2)12(8-10)9-15-13(16)17-14(3,4)5/h7-8,10,13,15-16H,6,9H2,1-5H3. The van der Waals surface area contributed by atoms with Crippen LogP contribution in [0.1, 0.15) is 41.0 Å². The van der Waals surface area contributed by atoms with E-state index in [2.05, 4.69) is 31.3 Å². The molecule has 1 aliphatic rings. The number of aliphatic hydroxyl groups is 1. The molecule has 2 N–H and O–H groups in total. The highest BCUT2D eigenvalue weighted by molar-refractivity contribution is 5.33. The maximum atomic E-state index is 9.69. The molecule has 1 aliphatic carbocycles. The Morgan fingerprint density at radius 1 is 1.53 bits per heavy atom. The molecule has 0 amide bonds. The van der Waals surface area contributed by atoms with Crippen molar-refractivity contribution in [3.8, 4) is 0 Å². The third-order valence-corrected chi connectivity index (χ3v) is 2.72. The van der Waals surface area contributed by atoms with Gasteiger partial charge in [0.25, 0.3) is 0 Å². The Morgan fingerprint density at radius 2 is 2.18 bits per heavy atom. The van der Waals surface area contributed by atoms with Crippen molar-refractivity contribution in [3.63, 3.8) is 0 Å². The second kappa shape index (κ2) is 5.80. The summed E-state index contributed by atoms with van der Waals surface area (Å²) in [5.41, 5.74) is 2.20. The molecule has 0 aromatic carbocycles. The number of rotatable bonds is 4. The molecule has 17 heavy (non-hydrogen) atoms.